The maximum atomic E-state index is 8.57. The predicted octanol–water partition coefficient (Wildman–Crippen LogP) is 1.08. The van der Waals surface area contributed by atoms with E-state index in [2.05, 4.69) is 22.6 Å². The van der Waals surface area contributed by atoms with Crippen molar-refractivity contribution < 1.29 is 9.84 Å². The lowest BCUT2D eigenvalue weighted by molar-refractivity contribution is 0.243. The Balaban J connectivity index is 2.33. The number of hydrogen-bond donors (Lipinski definition) is 1. The van der Waals surface area contributed by atoms with Gasteiger partial charge in [0.15, 0.2) is 0 Å². The molecule has 0 radical (unpaired) electrons. The first-order chi connectivity index (χ1) is 4.29. The number of epoxide rings is 1. The fourth-order valence-electron chi connectivity index (χ4n) is 0.744. The van der Waals surface area contributed by atoms with Gasteiger partial charge in [0.1, 0.15) is 12.2 Å². The van der Waals surface area contributed by atoms with Gasteiger partial charge in [-0.3, -0.25) is 0 Å². The van der Waals surface area contributed by atoms with Crippen LogP contribution in [0.3, 0.4) is 0 Å². The van der Waals surface area contributed by atoms with Crippen LogP contribution < -0.4 is 0 Å². The Hall–Kier alpha value is 0.390. The molecule has 0 aliphatic carbocycles. The predicted molar refractivity (Wildman–Crippen MR) is 43.5 cm³/mol. The van der Waals surface area contributed by atoms with Crippen molar-refractivity contribution in [3.8, 4) is 0 Å². The molecule has 1 saturated heterocycles. The third-order valence-electron chi connectivity index (χ3n) is 1.38. The van der Waals surface area contributed by atoms with Gasteiger partial charge in [0.25, 0.3) is 0 Å². The minimum Gasteiger partial charge on any atom is -0.394 e. The van der Waals surface area contributed by atoms with E-state index in [1.165, 1.54) is 5.57 Å². The summed E-state index contributed by atoms with van der Waals surface area (Å²) in [5, 5.41) is 8.57. The van der Waals surface area contributed by atoms with Gasteiger partial charge in [0.2, 0.25) is 0 Å². The molecule has 0 aromatic carbocycles. The Bertz CT molecular complexity index is 133. The van der Waals surface area contributed by atoms with Crippen molar-refractivity contribution in [1.29, 1.82) is 0 Å². The van der Waals surface area contributed by atoms with Crippen molar-refractivity contribution in [2.24, 2.45) is 0 Å². The normalized spacial score (nSPS) is 34.8. The third-order valence-corrected chi connectivity index (χ3v) is 2.37. The molecule has 0 spiro atoms. The second kappa shape index (κ2) is 2.98. The lowest BCUT2D eigenvalue weighted by Crippen LogP contribution is -1.99. The van der Waals surface area contributed by atoms with Crippen LogP contribution in [0.2, 0.25) is 0 Å². The minimum absolute atomic E-state index is 0.0796. The molecule has 2 nitrogen and oxygen atoms in total. The van der Waals surface area contributed by atoms with Crippen LogP contribution in [-0.2, 0) is 4.74 Å². The van der Waals surface area contributed by atoms with E-state index >= 15 is 0 Å². The monoisotopic (exact) mass is 240 g/mol. The number of hydrogen-bond acceptors (Lipinski definition) is 2. The van der Waals surface area contributed by atoms with Crippen LogP contribution in [0.5, 0.6) is 0 Å². The van der Waals surface area contributed by atoms with Crippen LogP contribution in [0.15, 0.2) is 9.66 Å². The van der Waals surface area contributed by atoms with Gasteiger partial charge in [0.05, 0.1) is 6.61 Å². The van der Waals surface area contributed by atoms with Crippen LogP contribution in [0, 0.1) is 0 Å². The number of halogens is 1. The van der Waals surface area contributed by atoms with Crippen LogP contribution >= 0.6 is 22.6 Å². The van der Waals surface area contributed by atoms with Crippen molar-refractivity contribution in [2.45, 2.75) is 19.1 Å². The molecule has 1 heterocycles. The Morgan fingerprint density at radius 2 is 2.56 bits per heavy atom. The third kappa shape index (κ3) is 1.65. The second-order valence-corrected chi connectivity index (χ2v) is 2.75. The van der Waals surface area contributed by atoms with E-state index in [1.807, 2.05) is 11.0 Å². The Morgan fingerprint density at radius 3 is 2.89 bits per heavy atom. The van der Waals surface area contributed by atoms with Crippen LogP contribution in [0.4, 0.5) is 0 Å². The molecule has 0 aromatic heterocycles. The van der Waals surface area contributed by atoms with Gasteiger partial charge < -0.3 is 9.84 Å². The Labute approximate surface area is 68.0 Å². The van der Waals surface area contributed by atoms with Crippen LogP contribution in [0.1, 0.15) is 6.92 Å². The minimum atomic E-state index is 0.0796. The topological polar surface area (TPSA) is 32.8 Å². The lowest BCUT2D eigenvalue weighted by atomic mass is 10.2. The molecule has 52 valence electrons. The standard InChI is InChI=1S/C6H9IO2/c1-4(2-7)6-5(3-8)9-6/h2,5-6,8H,3H2,1H3/b4-2+/t5-,6-/m1/s1. The summed E-state index contributed by atoms with van der Waals surface area (Å²) in [4.78, 5) is 0. The summed E-state index contributed by atoms with van der Waals surface area (Å²) < 4.78 is 7.08. The van der Waals surface area contributed by atoms with Gasteiger partial charge in [-0.05, 0) is 16.6 Å². The summed E-state index contributed by atoms with van der Waals surface area (Å²) in [6.07, 6.45) is 0.280. The van der Waals surface area contributed by atoms with Crippen molar-refractivity contribution in [3.05, 3.63) is 9.66 Å². The molecule has 1 rings (SSSR count). The SMILES string of the molecule is C/C(=C\I)[C@H]1O[C@@H]1CO. The molecule has 1 aliphatic rings. The zero-order chi connectivity index (χ0) is 6.85. The van der Waals surface area contributed by atoms with Gasteiger partial charge in [0, 0.05) is 0 Å². The maximum absolute atomic E-state index is 8.57. The summed E-state index contributed by atoms with van der Waals surface area (Å²) in [5.41, 5.74) is 1.20. The summed E-state index contributed by atoms with van der Waals surface area (Å²) >= 11 is 2.17. The van der Waals surface area contributed by atoms with Crippen molar-refractivity contribution >= 4 is 22.6 Å². The van der Waals surface area contributed by atoms with Gasteiger partial charge in [-0.1, -0.05) is 22.6 Å². The van der Waals surface area contributed by atoms with Crippen molar-refractivity contribution in [2.75, 3.05) is 6.61 Å². The fraction of sp³-hybridized carbons (Fsp3) is 0.667. The Kier molecular flexibility index (Phi) is 2.49. The van der Waals surface area contributed by atoms with E-state index in [0.717, 1.165) is 0 Å². The molecule has 0 amide bonds. The number of aliphatic hydroxyl groups is 1. The molecule has 0 unspecified atom stereocenters. The smallest absolute Gasteiger partial charge is 0.111 e. The first-order valence-corrected chi connectivity index (χ1v) is 4.07. The van der Waals surface area contributed by atoms with Gasteiger partial charge >= 0.3 is 0 Å². The molecule has 2 atom stereocenters. The average Bonchev–Trinajstić information content (AvgIpc) is 2.64. The second-order valence-electron chi connectivity index (χ2n) is 2.13. The highest BCUT2D eigenvalue weighted by Crippen LogP contribution is 2.28. The highest BCUT2D eigenvalue weighted by atomic mass is 127. The molecule has 1 fully saturated rings. The van der Waals surface area contributed by atoms with E-state index in [4.69, 9.17) is 9.84 Å². The summed E-state index contributed by atoms with van der Waals surface area (Å²) in [6, 6.07) is 0. The first kappa shape index (κ1) is 7.50. The largest absolute Gasteiger partial charge is 0.394 e. The molecular weight excluding hydrogens is 231 g/mol. The Morgan fingerprint density at radius 1 is 1.89 bits per heavy atom. The first-order valence-electron chi connectivity index (χ1n) is 2.82. The highest BCUT2D eigenvalue weighted by Gasteiger charge is 2.38. The maximum Gasteiger partial charge on any atom is 0.111 e. The van der Waals surface area contributed by atoms with E-state index in [-0.39, 0.29) is 18.8 Å². The summed E-state index contributed by atoms with van der Waals surface area (Å²) in [6.45, 7) is 2.15. The molecule has 1 N–H and O–H groups in total. The summed E-state index contributed by atoms with van der Waals surface area (Å²) in [7, 11) is 0. The number of aliphatic hydroxyl groups excluding tert-OH is 1. The van der Waals surface area contributed by atoms with E-state index in [9.17, 15) is 0 Å². The van der Waals surface area contributed by atoms with Gasteiger partial charge in [-0.25, -0.2) is 0 Å². The molecule has 0 aromatic rings. The number of ether oxygens (including phenoxy) is 1. The highest BCUT2D eigenvalue weighted by molar-refractivity contribution is 14.1. The molecular formula is C6H9IO2. The average molecular weight is 240 g/mol. The molecule has 0 bridgehead atoms. The molecule has 9 heavy (non-hydrogen) atoms. The molecule has 0 saturated carbocycles. The quantitative estimate of drug-likeness (QED) is 0.578. The van der Waals surface area contributed by atoms with E-state index < -0.39 is 0 Å². The lowest BCUT2D eigenvalue weighted by Gasteiger charge is -1.87. The fourth-order valence-corrected chi connectivity index (χ4v) is 1.10. The van der Waals surface area contributed by atoms with Crippen molar-refractivity contribution in [1.82, 2.24) is 0 Å². The number of rotatable bonds is 2. The zero-order valence-electron chi connectivity index (χ0n) is 5.17. The summed E-state index contributed by atoms with van der Waals surface area (Å²) in [5.74, 6) is 0. The van der Waals surface area contributed by atoms with E-state index in [1.54, 1.807) is 0 Å². The zero-order valence-corrected chi connectivity index (χ0v) is 7.33. The molecule has 3 heteroatoms. The van der Waals surface area contributed by atoms with Crippen molar-refractivity contribution in [3.63, 3.8) is 0 Å². The van der Waals surface area contributed by atoms with E-state index in [0.29, 0.717) is 0 Å². The van der Waals surface area contributed by atoms with Gasteiger partial charge in [-0.15, -0.1) is 0 Å². The van der Waals surface area contributed by atoms with Crippen LogP contribution in [-0.4, -0.2) is 23.9 Å². The van der Waals surface area contributed by atoms with Crippen LogP contribution in [0.25, 0.3) is 0 Å². The van der Waals surface area contributed by atoms with Gasteiger partial charge in [-0.2, -0.15) is 0 Å². The molecule has 1 aliphatic heterocycles.